The zero-order valence-corrected chi connectivity index (χ0v) is 5.90. The molecule has 1 rings (SSSR count). The van der Waals surface area contributed by atoms with Crippen molar-refractivity contribution in [1.29, 1.82) is 5.26 Å². The van der Waals surface area contributed by atoms with E-state index in [1.54, 1.807) is 11.8 Å². The summed E-state index contributed by atoms with van der Waals surface area (Å²) in [5.74, 6) is 0.734. The van der Waals surface area contributed by atoms with Crippen molar-refractivity contribution < 1.29 is 5.11 Å². The van der Waals surface area contributed by atoms with Crippen molar-refractivity contribution in [2.75, 3.05) is 5.75 Å². The Morgan fingerprint density at radius 2 is 2.33 bits per heavy atom. The molecule has 2 atom stereocenters. The van der Waals surface area contributed by atoms with Gasteiger partial charge in [0.05, 0.1) is 17.4 Å². The molecule has 3 heteroatoms. The van der Waals surface area contributed by atoms with Crippen LogP contribution >= 0.6 is 11.8 Å². The Kier molecular flexibility index (Phi) is 2.38. The van der Waals surface area contributed by atoms with Gasteiger partial charge in [-0.05, 0) is 12.8 Å². The number of thioether (sulfide) groups is 1. The number of hydrogen-bond donors (Lipinski definition) is 1. The van der Waals surface area contributed by atoms with Crippen LogP contribution in [0.15, 0.2) is 0 Å². The molecule has 0 radical (unpaired) electrons. The monoisotopic (exact) mass is 143 g/mol. The van der Waals surface area contributed by atoms with Gasteiger partial charge in [-0.15, -0.1) is 11.8 Å². The summed E-state index contributed by atoms with van der Waals surface area (Å²) in [4.78, 5) is 0. The highest BCUT2D eigenvalue weighted by atomic mass is 32.2. The molecule has 1 aliphatic rings. The van der Waals surface area contributed by atoms with Gasteiger partial charge < -0.3 is 5.11 Å². The molecular weight excluding hydrogens is 134 g/mol. The van der Waals surface area contributed by atoms with Gasteiger partial charge in [0.15, 0.2) is 0 Å². The van der Waals surface area contributed by atoms with Crippen LogP contribution in [0, 0.1) is 11.3 Å². The predicted molar refractivity (Wildman–Crippen MR) is 37.1 cm³/mol. The average Bonchev–Trinajstić information content (AvgIpc) is 1.90. The molecule has 1 aliphatic heterocycles. The number of hydrogen-bond acceptors (Lipinski definition) is 3. The lowest BCUT2D eigenvalue weighted by molar-refractivity contribution is 0.183. The second-order valence-electron chi connectivity index (χ2n) is 2.18. The van der Waals surface area contributed by atoms with Crippen LogP contribution in [0.25, 0.3) is 0 Å². The van der Waals surface area contributed by atoms with Crippen LogP contribution in [0.1, 0.15) is 12.8 Å². The van der Waals surface area contributed by atoms with Crippen LogP contribution in [0.2, 0.25) is 0 Å². The van der Waals surface area contributed by atoms with E-state index in [0.29, 0.717) is 0 Å². The third-order valence-corrected chi connectivity index (χ3v) is 2.72. The number of aliphatic hydroxyl groups excluding tert-OH is 1. The summed E-state index contributed by atoms with van der Waals surface area (Å²) < 4.78 is 0. The van der Waals surface area contributed by atoms with Gasteiger partial charge in [0.2, 0.25) is 0 Å². The Bertz CT molecular complexity index is 124. The van der Waals surface area contributed by atoms with Gasteiger partial charge in [-0.3, -0.25) is 0 Å². The summed E-state index contributed by atoms with van der Waals surface area (Å²) in [6.07, 6.45) is 1.48. The maximum absolute atomic E-state index is 8.99. The number of nitrogens with zero attached hydrogens (tertiary/aromatic N) is 1. The van der Waals surface area contributed by atoms with Crippen molar-refractivity contribution in [2.24, 2.45) is 0 Å². The molecule has 0 amide bonds. The van der Waals surface area contributed by atoms with Crippen LogP contribution in [0.5, 0.6) is 0 Å². The van der Waals surface area contributed by atoms with Crippen molar-refractivity contribution in [3.63, 3.8) is 0 Å². The summed E-state index contributed by atoms with van der Waals surface area (Å²) in [6, 6.07) is 2.18. The topological polar surface area (TPSA) is 44.0 Å². The molecule has 0 spiro atoms. The molecule has 50 valence electrons. The highest BCUT2D eigenvalue weighted by Gasteiger charge is 2.18. The van der Waals surface area contributed by atoms with Gasteiger partial charge in [0, 0.05) is 5.75 Å². The van der Waals surface area contributed by atoms with E-state index < -0.39 is 0 Å². The van der Waals surface area contributed by atoms with Gasteiger partial charge in [0.25, 0.3) is 0 Å². The minimum absolute atomic E-state index is 0.133. The molecule has 0 aliphatic carbocycles. The largest absolute Gasteiger partial charge is 0.392 e. The molecule has 0 bridgehead atoms. The summed E-state index contributed by atoms with van der Waals surface area (Å²) in [6.45, 7) is 0. The molecule has 9 heavy (non-hydrogen) atoms. The van der Waals surface area contributed by atoms with Gasteiger partial charge in [0.1, 0.15) is 0 Å². The summed E-state index contributed by atoms with van der Waals surface area (Å²) in [5, 5.41) is 17.5. The van der Waals surface area contributed by atoms with Gasteiger partial charge in [-0.2, -0.15) is 5.26 Å². The minimum atomic E-state index is -0.167. The predicted octanol–water partition coefficient (Wildman–Crippen LogP) is 0.766. The third-order valence-electron chi connectivity index (χ3n) is 1.40. The van der Waals surface area contributed by atoms with Crippen LogP contribution in [0.3, 0.4) is 0 Å². The number of aliphatic hydroxyl groups is 1. The summed E-state index contributed by atoms with van der Waals surface area (Å²) in [5.41, 5.74) is 0. The first-order chi connectivity index (χ1) is 4.33. The van der Waals surface area contributed by atoms with E-state index in [9.17, 15) is 0 Å². The standard InChI is InChI=1S/C6H9NOS/c7-3-6-2-1-5(8)4-9-6/h5-6,8H,1-2,4H2. The molecule has 1 heterocycles. The molecular formula is C6H9NOS. The van der Waals surface area contributed by atoms with E-state index in [0.717, 1.165) is 18.6 Å². The second kappa shape index (κ2) is 3.09. The van der Waals surface area contributed by atoms with E-state index in [1.165, 1.54) is 0 Å². The first kappa shape index (κ1) is 6.91. The maximum Gasteiger partial charge on any atom is 0.0918 e. The number of rotatable bonds is 0. The molecule has 0 aromatic rings. The Hall–Kier alpha value is -0.200. The Balaban J connectivity index is 2.28. The fraction of sp³-hybridized carbons (Fsp3) is 0.833. The van der Waals surface area contributed by atoms with E-state index in [2.05, 4.69) is 6.07 Å². The molecule has 0 aromatic carbocycles. The first-order valence-corrected chi connectivity index (χ1v) is 4.07. The zero-order valence-electron chi connectivity index (χ0n) is 5.08. The summed E-state index contributed by atoms with van der Waals surface area (Å²) >= 11 is 1.56. The molecule has 1 N–H and O–H groups in total. The normalized spacial score (nSPS) is 35.6. The maximum atomic E-state index is 8.99. The summed E-state index contributed by atoms with van der Waals surface area (Å²) in [7, 11) is 0. The van der Waals surface area contributed by atoms with Crippen molar-refractivity contribution in [3.05, 3.63) is 0 Å². The van der Waals surface area contributed by atoms with E-state index >= 15 is 0 Å². The molecule has 0 aromatic heterocycles. The van der Waals surface area contributed by atoms with E-state index in [4.69, 9.17) is 10.4 Å². The lowest BCUT2D eigenvalue weighted by atomic mass is 10.2. The van der Waals surface area contributed by atoms with Crippen LogP contribution in [-0.4, -0.2) is 22.2 Å². The fourth-order valence-electron chi connectivity index (χ4n) is 0.839. The van der Waals surface area contributed by atoms with Crippen molar-refractivity contribution in [1.82, 2.24) is 0 Å². The molecule has 2 nitrogen and oxygen atoms in total. The van der Waals surface area contributed by atoms with E-state index in [1.807, 2.05) is 0 Å². The van der Waals surface area contributed by atoms with Gasteiger partial charge in [-0.25, -0.2) is 0 Å². The van der Waals surface area contributed by atoms with E-state index in [-0.39, 0.29) is 11.4 Å². The van der Waals surface area contributed by atoms with Crippen molar-refractivity contribution in [2.45, 2.75) is 24.2 Å². The fourth-order valence-corrected chi connectivity index (χ4v) is 1.84. The minimum Gasteiger partial charge on any atom is -0.392 e. The quantitative estimate of drug-likeness (QED) is 0.544. The molecule has 1 fully saturated rings. The molecule has 0 saturated carbocycles. The van der Waals surface area contributed by atoms with Gasteiger partial charge >= 0.3 is 0 Å². The SMILES string of the molecule is N#CC1CCC(O)CS1. The highest BCUT2D eigenvalue weighted by molar-refractivity contribution is 8.00. The molecule has 2 unspecified atom stereocenters. The average molecular weight is 143 g/mol. The number of nitriles is 1. The third kappa shape index (κ3) is 1.88. The highest BCUT2D eigenvalue weighted by Crippen LogP contribution is 2.24. The smallest absolute Gasteiger partial charge is 0.0918 e. The second-order valence-corrected chi connectivity index (χ2v) is 3.42. The van der Waals surface area contributed by atoms with Crippen LogP contribution in [0.4, 0.5) is 0 Å². The van der Waals surface area contributed by atoms with Gasteiger partial charge in [-0.1, -0.05) is 0 Å². The lowest BCUT2D eigenvalue weighted by Crippen LogP contribution is -2.20. The van der Waals surface area contributed by atoms with Crippen LogP contribution in [-0.2, 0) is 0 Å². The van der Waals surface area contributed by atoms with Crippen molar-refractivity contribution in [3.8, 4) is 6.07 Å². The Morgan fingerprint density at radius 3 is 2.78 bits per heavy atom. The Morgan fingerprint density at radius 1 is 1.56 bits per heavy atom. The lowest BCUT2D eigenvalue weighted by Gasteiger charge is -2.19. The Labute approximate surface area is 58.9 Å². The first-order valence-electron chi connectivity index (χ1n) is 3.02. The molecule has 1 saturated heterocycles. The zero-order chi connectivity index (χ0) is 6.69. The van der Waals surface area contributed by atoms with Crippen LogP contribution < -0.4 is 0 Å². The van der Waals surface area contributed by atoms with Crippen molar-refractivity contribution >= 4 is 11.8 Å².